The number of piperidine rings is 1. The molecular formula is C31H35ClFN5O7. The second-order valence-corrected chi connectivity index (χ2v) is 13.2. The summed E-state index contributed by atoms with van der Waals surface area (Å²) in [6, 6.07) is 3.07. The van der Waals surface area contributed by atoms with E-state index in [0.29, 0.717) is 41.4 Å². The Balaban J connectivity index is 1.36. The quantitative estimate of drug-likeness (QED) is 0.313. The topological polar surface area (TPSA) is 143 Å². The number of ether oxygens (including phenoxy) is 3. The number of hydrogen-bond donors (Lipinski definition) is 2. The van der Waals surface area contributed by atoms with Crippen LogP contribution in [0.5, 0.6) is 5.88 Å². The molecular weight excluding hydrogens is 609 g/mol. The number of hydrogen-bond acceptors (Lipinski definition) is 8. The van der Waals surface area contributed by atoms with Crippen molar-refractivity contribution < 1.29 is 38.1 Å². The highest BCUT2D eigenvalue weighted by Gasteiger charge is 2.41. The second-order valence-electron chi connectivity index (χ2n) is 12.8. The van der Waals surface area contributed by atoms with Crippen molar-refractivity contribution >= 4 is 52.2 Å². The van der Waals surface area contributed by atoms with Gasteiger partial charge in [-0.1, -0.05) is 25.4 Å². The summed E-state index contributed by atoms with van der Waals surface area (Å²) in [7, 11) is 0. The smallest absolute Gasteiger partial charge is 0.413 e. The van der Waals surface area contributed by atoms with E-state index in [4.69, 9.17) is 25.8 Å². The van der Waals surface area contributed by atoms with Gasteiger partial charge in [-0.05, 0) is 50.8 Å². The van der Waals surface area contributed by atoms with Crippen LogP contribution >= 0.6 is 11.6 Å². The normalized spacial score (nSPS) is 17.7. The molecule has 45 heavy (non-hydrogen) atoms. The van der Waals surface area contributed by atoms with E-state index >= 15 is 4.39 Å². The number of nitrogens with one attached hydrogen (secondary N) is 1. The number of fused-ring (bicyclic) bond motifs is 2. The Bertz CT molecular complexity index is 1690. The fraction of sp³-hybridized carbons (Fsp3) is 0.452. The maximum atomic E-state index is 15.6. The summed E-state index contributed by atoms with van der Waals surface area (Å²) in [4.78, 5) is 48.6. The summed E-state index contributed by atoms with van der Waals surface area (Å²) in [6.45, 7) is 11.9. The minimum absolute atomic E-state index is 0.0921. The van der Waals surface area contributed by atoms with Crippen molar-refractivity contribution in [2.24, 2.45) is 5.41 Å². The Morgan fingerprint density at radius 3 is 2.56 bits per heavy atom. The Morgan fingerprint density at radius 2 is 1.89 bits per heavy atom. The molecule has 0 saturated carbocycles. The predicted molar refractivity (Wildman–Crippen MR) is 166 cm³/mol. The maximum absolute atomic E-state index is 15.6. The lowest BCUT2D eigenvalue weighted by Crippen LogP contribution is -2.53. The van der Waals surface area contributed by atoms with Crippen molar-refractivity contribution in [2.45, 2.75) is 59.7 Å². The van der Waals surface area contributed by atoms with Crippen LogP contribution in [-0.4, -0.2) is 76.2 Å². The Kier molecular flexibility index (Phi) is 8.43. The van der Waals surface area contributed by atoms with Crippen LogP contribution in [0.1, 0.15) is 46.6 Å². The zero-order valence-electron chi connectivity index (χ0n) is 25.9. The van der Waals surface area contributed by atoms with Crippen LogP contribution in [-0.2, 0) is 9.47 Å². The first-order chi connectivity index (χ1) is 21.1. The monoisotopic (exact) mass is 643 g/mol. The molecule has 1 atom stereocenters. The molecule has 240 valence electrons. The van der Waals surface area contributed by atoms with E-state index in [2.05, 4.69) is 15.3 Å². The van der Waals surface area contributed by atoms with Crippen LogP contribution in [0.3, 0.4) is 0 Å². The summed E-state index contributed by atoms with van der Waals surface area (Å²) < 4.78 is 32.4. The van der Waals surface area contributed by atoms with E-state index in [-0.39, 0.29) is 41.1 Å². The lowest BCUT2D eigenvalue weighted by molar-refractivity contribution is -0.0414. The molecule has 2 aromatic heterocycles. The number of rotatable bonds is 3. The third kappa shape index (κ3) is 6.53. The molecule has 14 heteroatoms. The highest BCUT2D eigenvalue weighted by atomic mass is 35.5. The van der Waals surface area contributed by atoms with Crippen LogP contribution in [0.15, 0.2) is 24.5 Å². The first-order valence-corrected chi connectivity index (χ1v) is 14.8. The van der Waals surface area contributed by atoms with Crippen molar-refractivity contribution in [1.82, 2.24) is 14.9 Å². The van der Waals surface area contributed by atoms with Gasteiger partial charge in [-0.2, -0.15) is 0 Å². The van der Waals surface area contributed by atoms with Gasteiger partial charge in [-0.3, -0.25) is 10.2 Å². The molecule has 5 rings (SSSR count). The number of pyridine rings is 2. The van der Waals surface area contributed by atoms with Crippen molar-refractivity contribution in [3.63, 3.8) is 0 Å². The number of aromatic nitrogens is 2. The summed E-state index contributed by atoms with van der Waals surface area (Å²) in [5.74, 6) is -0.435. The molecule has 2 aliphatic rings. The number of benzene rings is 1. The minimum Gasteiger partial charge on any atom is -0.474 e. The third-order valence-electron chi connectivity index (χ3n) is 7.78. The fourth-order valence-corrected chi connectivity index (χ4v) is 5.85. The third-order valence-corrected chi connectivity index (χ3v) is 8.15. The highest BCUT2D eigenvalue weighted by molar-refractivity contribution is 6.36. The molecule has 3 aromatic rings. The zero-order chi connectivity index (χ0) is 32.8. The van der Waals surface area contributed by atoms with E-state index in [1.165, 1.54) is 24.5 Å². The number of amides is 3. The first-order valence-electron chi connectivity index (χ1n) is 14.4. The number of carboxylic acid groups (broad SMARTS) is 1. The fourth-order valence-electron chi connectivity index (χ4n) is 5.59. The average molecular weight is 644 g/mol. The Hall–Kier alpha value is -4.39. The summed E-state index contributed by atoms with van der Waals surface area (Å²) in [6.07, 6.45) is 0.367. The molecule has 1 unspecified atom stereocenters. The Morgan fingerprint density at radius 1 is 1.16 bits per heavy atom. The van der Waals surface area contributed by atoms with Gasteiger partial charge in [0.25, 0.3) is 0 Å². The van der Waals surface area contributed by atoms with Crippen molar-refractivity contribution in [3.05, 3.63) is 40.9 Å². The van der Waals surface area contributed by atoms with Gasteiger partial charge in [-0.15, -0.1) is 0 Å². The molecule has 1 aromatic carbocycles. The number of anilines is 2. The molecule has 2 N–H and O–H groups in total. The number of nitrogens with zero attached hydrogens (tertiary/aromatic N) is 4. The van der Waals surface area contributed by atoms with E-state index in [1.807, 2.05) is 13.8 Å². The van der Waals surface area contributed by atoms with Crippen LogP contribution in [0, 0.1) is 18.2 Å². The van der Waals surface area contributed by atoms with Crippen molar-refractivity contribution in [3.8, 4) is 17.0 Å². The number of carbonyl (C=O) groups is 3. The lowest BCUT2D eigenvalue weighted by Gasteiger charge is -2.43. The lowest BCUT2D eigenvalue weighted by atomic mass is 9.81. The summed E-state index contributed by atoms with van der Waals surface area (Å²) in [5.41, 5.74) is -0.0583. The maximum Gasteiger partial charge on any atom is 0.413 e. The highest BCUT2D eigenvalue weighted by Crippen LogP contribution is 2.42. The van der Waals surface area contributed by atoms with Gasteiger partial charge in [0.05, 0.1) is 11.6 Å². The van der Waals surface area contributed by atoms with Crippen molar-refractivity contribution in [2.75, 3.05) is 36.5 Å². The van der Waals surface area contributed by atoms with Gasteiger partial charge < -0.3 is 24.2 Å². The molecule has 0 radical (unpaired) electrons. The molecule has 12 nitrogen and oxygen atoms in total. The SMILES string of the molecule is Cc1c(-c2cc3cc(NC(=O)OC4CCN(C(=O)OC(C)(C)C)CC4(C)C)ncc3c(Cl)c2F)cnc2c1N(C(=O)O)CCO2. The van der Waals surface area contributed by atoms with Gasteiger partial charge in [0.15, 0.2) is 0 Å². The zero-order valence-corrected chi connectivity index (χ0v) is 26.6. The van der Waals surface area contributed by atoms with E-state index in [1.54, 1.807) is 32.6 Å². The van der Waals surface area contributed by atoms with Gasteiger partial charge in [0.1, 0.15) is 35.6 Å². The average Bonchev–Trinajstić information content (AvgIpc) is 2.95. The molecule has 3 amide bonds. The van der Waals surface area contributed by atoms with Crippen LogP contribution < -0.4 is 15.0 Å². The first kappa shape index (κ1) is 32.0. The largest absolute Gasteiger partial charge is 0.474 e. The summed E-state index contributed by atoms with van der Waals surface area (Å²) >= 11 is 6.43. The van der Waals surface area contributed by atoms with Gasteiger partial charge in [-0.25, -0.2) is 28.7 Å². The van der Waals surface area contributed by atoms with Gasteiger partial charge >= 0.3 is 18.3 Å². The van der Waals surface area contributed by atoms with Crippen LogP contribution in [0.4, 0.5) is 30.3 Å². The number of carbonyl (C=O) groups excluding carboxylic acids is 2. The second kappa shape index (κ2) is 11.8. The van der Waals surface area contributed by atoms with Crippen LogP contribution in [0.2, 0.25) is 5.02 Å². The van der Waals surface area contributed by atoms with Gasteiger partial charge in [0.2, 0.25) is 5.88 Å². The molecule has 2 aliphatic heterocycles. The number of halogens is 2. The molecule has 1 saturated heterocycles. The standard InChI is InChI=1S/C31H35ClFN5O7/c1-16-19(13-35-26-25(16)38(28(40)41)9-10-43-26)18-11-17-12-22(34-14-20(17)23(32)24(18)33)36-27(39)44-21-7-8-37(15-31(21,5)6)29(42)45-30(2,3)4/h11-14,21H,7-10,15H2,1-6H3,(H,40,41)(H,34,36,39). The molecule has 1 fully saturated rings. The predicted octanol–water partition coefficient (Wildman–Crippen LogP) is 6.86. The Labute approximate surface area is 264 Å². The van der Waals surface area contributed by atoms with Crippen molar-refractivity contribution in [1.29, 1.82) is 0 Å². The number of likely N-dealkylation sites (tertiary alicyclic amines) is 1. The van der Waals surface area contributed by atoms with Crippen LogP contribution in [0.25, 0.3) is 21.9 Å². The molecule has 0 spiro atoms. The molecule has 0 aliphatic carbocycles. The minimum atomic E-state index is -1.18. The van der Waals surface area contributed by atoms with E-state index < -0.39 is 41.2 Å². The molecule has 0 bridgehead atoms. The van der Waals surface area contributed by atoms with Gasteiger partial charge in [0, 0.05) is 53.8 Å². The van der Waals surface area contributed by atoms with E-state index in [0.717, 1.165) is 4.90 Å². The molecule has 4 heterocycles. The van der Waals surface area contributed by atoms with E-state index in [9.17, 15) is 19.5 Å². The summed E-state index contributed by atoms with van der Waals surface area (Å²) in [5, 5.41) is 12.9.